The number of rotatable bonds is 5. The summed E-state index contributed by atoms with van der Waals surface area (Å²) in [6.45, 7) is 10.4. The summed E-state index contributed by atoms with van der Waals surface area (Å²) in [5.41, 5.74) is 0.784. The molecule has 1 N–H and O–H groups in total. The first kappa shape index (κ1) is 14.5. The van der Waals surface area contributed by atoms with Gasteiger partial charge in [-0.25, -0.2) is 0 Å². The topological polar surface area (TPSA) is 23.5 Å². The minimum absolute atomic E-state index is 0.262. The Morgan fingerprint density at radius 3 is 2.53 bits per heavy atom. The number of benzene rings is 1. The van der Waals surface area contributed by atoms with E-state index in [2.05, 4.69) is 56.2 Å². The monoisotopic (exact) mass is 277 g/mol. The maximum atomic E-state index is 10.9. The Morgan fingerprint density at radius 1 is 1.21 bits per heavy atom. The SMILES string of the molecule is CCN(CC)C(C)(C)C(O)c1cccc2ccsc12. The van der Waals surface area contributed by atoms with E-state index in [-0.39, 0.29) is 5.54 Å². The Hall–Kier alpha value is -0.900. The van der Waals surface area contributed by atoms with E-state index in [1.807, 2.05) is 6.07 Å². The largest absolute Gasteiger partial charge is 0.386 e. The lowest BCUT2D eigenvalue weighted by molar-refractivity contribution is -0.00536. The zero-order chi connectivity index (χ0) is 14.0. The maximum absolute atomic E-state index is 10.9. The van der Waals surface area contributed by atoms with Crippen molar-refractivity contribution in [3.63, 3.8) is 0 Å². The molecule has 0 amide bonds. The first-order valence-electron chi connectivity index (χ1n) is 6.91. The predicted octanol–water partition coefficient (Wildman–Crippen LogP) is 4.06. The molecule has 0 saturated heterocycles. The van der Waals surface area contributed by atoms with Gasteiger partial charge < -0.3 is 5.11 Å². The van der Waals surface area contributed by atoms with E-state index in [1.54, 1.807) is 11.3 Å². The molecule has 0 aliphatic heterocycles. The van der Waals surface area contributed by atoms with Gasteiger partial charge in [0.25, 0.3) is 0 Å². The molecular formula is C16H23NOS. The second-order valence-corrected chi connectivity index (χ2v) is 6.33. The standard InChI is InChI=1S/C16H23NOS/c1-5-17(6-2)16(3,4)15(18)13-9-7-8-12-10-11-19-14(12)13/h7-11,15,18H,5-6H2,1-4H3. The zero-order valence-corrected chi connectivity index (χ0v) is 13.0. The number of fused-ring (bicyclic) bond motifs is 1. The van der Waals surface area contributed by atoms with Gasteiger partial charge in [0.1, 0.15) is 0 Å². The molecule has 19 heavy (non-hydrogen) atoms. The molecule has 0 radical (unpaired) electrons. The highest BCUT2D eigenvalue weighted by Crippen LogP contribution is 2.36. The number of thiophene rings is 1. The quantitative estimate of drug-likeness (QED) is 0.891. The molecule has 0 saturated carbocycles. The van der Waals surface area contributed by atoms with Crippen LogP contribution in [0.4, 0.5) is 0 Å². The highest BCUT2D eigenvalue weighted by atomic mass is 32.1. The summed E-state index contributed by atoms with van der Waals surface area (Å²) in [4.78, 5) is 2.31. The van der Waals surface area contributed by atoms with Crippen molar-refractivity contribution in [2.45, 2.75) is 39.3 Å². The Labute approximate surface area is 119 Å². The molecule has 1 atom stereocenters. The molecule has 1 aromatic carbocycles. The zero-order valence-electron chi connectivity index (χ0n) is 12.2. The minimum atomic E-state index is -0.477. The van der Waals surface area contributed by atoms with E-state index in [0.29, 0.717) is 0 Å². The van der Waals surface area contributed by atoms with Crippen LogP contribution < -0.4 is 0 Å². The highest BCUT2D eigenvalue weighted by molar-refractivity contribution is 7.17. The van der Waals surface area contributed by atoms with Crippen LogP contribution in [0.25, 0.3) is 10.1 Å². The summed E-state index contributed by atoms with van der Waals surface area (Å²) in [6, 6.07) is 8.30. The number of nitrogens with zero attached hydrogens (tertiary/aromatic N) is 1. The van der Waals surface area contributed by atoms with E-state index in [0.717, 1.165) is 18.7 Å². The Balaban J connectivity index is 2.43. The molecule has 3 heteroatoms. The van der Waals surface area contributed by atoms with Crippen LogP contribution >= 0.6 is 11.3 Å². The van der Waals surface area contributed by atoms with Crippen LogP contribution in [-0.2, 0) is 0 Å². The average Bonchev–Trinajstić information content (AvgIpc) is 2.87. The summed E-state index contributed by atoms with van der Waals surface area (Å²) in [5.74, 6) is 0. The normalized spacial score (nSPS) is 14.2. The molecule has 0 aliphatic carbocycles. The molecule has 2 nitrogen and oxygen atoms in total. The number of likely N-dealkylation sites (N-methyl/N-ethyl adjacent to an activating group) is 1. The fraction of sp³-hybridized carbons (Fsp3) is 0.500. The minimum Gasteiger partial charge on any atom is -0.386 e. The summed E-state index contributed by atoms with van der Waals surface area (Å²) < 4.78 is 1.20. The molecule has 0 aliphatic rings. The third-order valence-electron chi connectivity index (χ3n) is 4.05. The Morgan fingerprint density at radius 2 is 1.89 bits per heavy atom. The van der Waals surface area contributed by atoms with Gasteiger partial charge >= 0.3 is 0 Å². The van der Waals surface area contributed by atoms with Crippen molar-refractivity contribution in [2.75, 3.05) is 13.1 Å². The first-order valence-corrected chi connectivity index (χ1v) is 7.79. The van der Waals surface area contributed by atoms with E-state index in [4.69, 9.17) is 0 Å². The van der Waals surface area contributed by atoms with Crippen molar-refractivity contribution >= 4 is 21.4 Å². The van der Waals surface area contributed by atoms with Crippen molar-refractivity contribution in [1.82, 2.24) is 4.90 Å². The summed E-state index contributed by atoms with van der Waals surface area (Å²) in [7, 11) is 0. The molecule has 0 spiro atoms. The van der Waals surface area contributed by atoms with E-state index in [9.17, 15) is 5.11 Å². The lowest BCUT2D eigenvalue weighted by Crippen LogP contribution is -2.48. The van der Waals surface area contributed by atoms with Gasteiger partial charge in [-0.2, -0.15) is 0 Å². The van der Waals surface area contributed by atoms with Crippen molar-refractivity contribution in [1.29, 1.82) is 0 Å². The Kier molecular flexibility index (Phi) is 4.29. The molecule has 104 valence electrons. The molecule has 2 aromatic rings. The Bertz CT molecular complexity index is 542. The summed E-state index contributed by atoms with van der Waals surface area (Å²) in [6.07, 6.45) is -0.477. The fourth-order valence-electron chi connectivity index (χ4n) is 2.82. The van der Waals surface area contributed by atoms with Crippen molar-refractivity contribution in [3.8, 4) is 0 Å². The van der Waals surface area contributed by atoms with Gasteiger partial charge in [0, 0.05) is 15.8 Å². The smallest absolute Gasteiger partial charge is 0.0982 e. The first-order chi connectivity index (χ1) is 9.02. The lowest BCUT2D eigenvalue weighted by Gasteiger charge is -2.41. The molecular weight excluding hydrogens is 254 g/mol. The van der Waals surface area contributed by atoms with Crippen molar-refractivity contribution in [2.24, 2.45) is 0 Å². The number of hydrogen-bond donors (Lipinski definition) is 1. The third kappa shape index (κ3) is 2.55. The van der Waals surface area contributed by atoms with Gasteiger partial charge in [0.05, 0.1) is 6.10 Å². The second-order valence-electron chi connectivity index (χ2n) is 5.41. The van der Waals surface area contributed by atoms with Crippen LogP contribution in [0.1, 0.15) is 39.4 Å². The van der Waals surface area contributed by atoms with Crippen LogP contribution in [0.2, 0.25) is 0 Å². The number of aliphatic hydroxyl groups excluding tert-OH is 1. The molecule has 0 fully saturated rings. The van der Waals surface area contributed by atoms with Crippen LogP contribution in [0, 0.1) is 0 Å². The number of hydrogen-bond acceptors (Lipinski definition) is 3. The van der Waals surface area contributed by atoms with Crippen LogP contribution in [-0.4, -0.2) is 28.6 Å². The average molecular weight is 277 g/mol. The maximum Gasteiger partial charge on any atom is 0.0982 e. The van der Waals surface area contributed by atoms with Gasteiger partial charge in [-0.15, -0.1) is 11.3 Å². The van der Waals surface area contributed by atoms with Gasteiger partial charge in [-0.1, -0.05) is 32.0 Å². The summed E-state index contributed by atoms with van der Waals surface area (Å²) in [5, 5.41) is 14.2. The summed E-state index contributed by atoms with van der Waals surface area (Å²) >= 11 is 1.71. The van der Waals surface area contributed by atoms with Crippen molar-refractivity contribution < 1.29 is 5.11 Å². The highest BCUT2D eigenvalue weighted by Gasteiger charge is 2.34. The van der Waals surface area contributed by atoms with E-state index < -0.39 is 6.10 Å². The van der Waals surface area contributed by atoms with Crippen LogP contribution in [0.15, 0.2) is 29.6 Å². The molecule has 1 aromatic heterocycles. The molecule has 1 heterocycles. The van der Waals surface area contributed by atoms with Crippen LogP contribution in [0.5, 0.6) is 0 Å². The van der Waals surface area contributed by atoms with Crippen LogP contribution in [0.3, 0.4) is 0 Å². The van der Waals surface area contributed by atoms with E-state index >= 15 is 0 Å². The van der Waals surface area contributed by atoms with E-state index in [1.165, 1.54) is 10.1 Å². The number of aliphatic hydroxyl groups is 1. The second kappa shape index (κ2) is 5.61. The van der Waals surface area contributed by atoms with Crippen molar-refractivity contribution in [3.05, 3.63) is 35.2 Å². The molecule has 0 bridgehead atoms. The molecule has 1 unspecified atom stereocenters. The third-order valence-corrected chi connectivity index (χ3v) is 5.03. The predicted molar refractivity (Wildman–Crippen MR) is 83.8 cm³/mol. The fourth-order valence-corrected chi connectivity index (χ4v) is 3.76. The van der Waals surface area contributed by atoms with Gasteiger partial charge in [-0.3, -0.25) is 4.90 Å². The van der Waals surface area contributed by atoms with Gasteiger partial charge in [0.2, 0.25) is 0 Å². The lowest BCUT2D eigenvalue weighted by atomic mass is 9.89. The van der Waals surface area contributed by atoms with Gasteiger partial charge in [0.15, 0.2) is 0 Å². The van der Waals surface area contributed by atoms with Gasteiger partial charge in [-0.05, 0) is 43.8 Å². The molecule has 2 rings (SSSR count).